The molecule has 0 saturated heterocycles. The van der Waals surface area contributed by atoms with Gasteiger partial charge in [0.1, 0.15) is 5.75 Å². The van der Waals surface area contributed by atoms with Crippen LogP contribution in [0.5, 0.6) is 5.75 Å². The molecule has 0 spiro atoms. The quantitative estimate of drug-likeness (QED) is 0.526. The highest BCUT2D eigenvalue weighted by Gasteiger charge is 2.17. The third-order valence-electron chi connectivity index (χ3n) is 5.69. The van der Waals surface area contributed by atoms with E-state index in [4.69, 9.17) is 4.74 Å². The van der Waals surface area contributed by atoms with Crippen LogP contribution < -0.4 is 20.7 Å². The SMILES string of the molecule is COc1ccc(C(NC(=O)CCCNC(=O)NC2CCCCC2)c2ccccc2)cc1. The van der Waals surface area contributed by atoms with Crippen LogP contribution in [0.15, 0.2) is 54.6 Å². The predicted molar refractivity (Wildman–Crippen MR) is 122 cm³/mol. The first-order valence-electron chi connectivity index (χ1n) is 11.2. The van der Waals surface area contributed by atoms with Gasteiger partial charge in [-0.25, -0.2) is 4.79 Å². The lowest BCUT2D eigenvalue weighted by molar-refractivity contribution is -0.121. The summed E-state index contributed by atoms with van der Waals surface area (Å²) < 4.78 is 5.24. The molecular formula is C25H33N3O3. The molecule has 0 bridgehead atoms. The molecule has 0 radical (unpaired) electrons. The van der Waals surface area contributed by atoms with Crippen LogP contribution >= 0.6 is 0 Å². The van der Waals surface area contributed by atoms with Crippen LogP contribution in [0.1, 0.15) is 62.1 Å². The van der Waals surface area contributed by atoms with Crippen molar-refractivity contribution >= 4 is 11.9 Å². The van der Waals surface area contributed by atoms with E-state index in [0.717, 1.165) is 29.7 Å². The Morgan fingerprint density at radius 3 is 2.32 bits per heavy atom. The Labute approximate surface area is 184 Å². The minimum Gasteiger partial charge on any atom is -0.497 e. The van der Waals surface area contributed by atoms with Crippen LogP contribution in [0, 0.1) is 0 Å². The van der Waals surface area contributed by atoms with Gasteiger partial charge in [-0.05, 0) is 42.5 Å². The minimum atomic E-state index is -0.234. The first-order valence-corrected chi connectivity index (χ1v) is 11.2. The smallest absolute Gasteiger partial charge is 0.315 e. The standard InChI is InChI=1S/C25H33N3O3/c1-31-22-16-14-20(15-17-22)24(19-9-4-2-5-10-19)28-23(29)13-8-18-26-25(30)27-21-11-6-3-7-12-21/h2,4-5,9-10,14-17,21,24H,3,6-8,11-13,18H2,1H3,(H,28,29)(H2,26,27,30). The van der Waals surface area contributed by atoms with E-state index in [-0.39, 0.29) is 24.0 Å². The van der Waals surface area contributed by atoms with Crippen molar-refractivity contribution in [1.82, 2.24) is 16.0 Å². The van der Waals surface area contributed by atoms with Crippen LogP contribution in [0.3, 0.4) is 0 Å². The van der Waals surface area contributed by atoms with Crippen molar-refractivity contribution < 1.29 is 14.3 Å². The molecule has 3 N–H and O–H groups in total. The number of carbonyl (C=O) groups excluding carboxylic acids is 2. The Balaban J connectivity index is 1.48. The molecule has 31 heavy (non-hydrogen) atoms. The Morgan fingerprint density at radius 2 is 1.65 bits per heavy atom. The molecule has 1 aliphatic carbocycles. The lowest BCUT2D eigenvalue weighted by atomic mass is 9.96. The summed E-state index contributed by atoms with van der Waals surface area (Å²) in [4.78, 5) is 24.6. The Bertz CT molecular complexity index is 818. The number of benzene rings is 2. The van der Waals surface area contributed by atoms with E-state index >= 15 is 0 Å². The first-order chi connectivity index (χ1) is 15.2. The van der Waals surface area contributed by atoms with Gasteiger partial charge in [0.05, 0.1) is 13.2 Å². The summed E-state index contributed by atoms with van der Waals surface area (Å²) in [5, 5.41) is 9.03. The van der Waals surface area contributed by atoms with Crippen molar-refractivity contribution in [2.75, 3.05) is 13.7 Å². The zero-order chi connectivity index (χ0) is 21.9. The first kappa shape index (κ1) is 22.7. The summed E-state index contributed by atoms with van der Waals surface area (Å²) >= 11 is 0. The second kappa shape index (κ2) is 12.0. The zero-order valence-electron chi connectivity index (χ0n) is 18.2. The lowest BCUT2D eigenvalue weighted by Crippen LogP contribution is -2.43. The molecule has 1 fully saturated rings. The van der Waals surface area contributed by atoms with Gasteiger partial charge in [-0.3, -0.25) is 4.79 Å². The van der Waals surface area contributed by atoms with Gasteiger partial charge in [0.25, 0.3) is 0 Å². The molecule has 1 aliphatic rings. The molecule has 2 aromatic rings. The normalized spacial score (nSPS) is 15.0. The molecule has 1 saturated carbocycles. The molecule has 3 rings (SSSR count). The third kappa shape index (κ3) is 7.31. The third-order valence-corrected chi connectivity index (χ3v) is 5.69. The highest BCUT2D eigenvalue weighted by Crippen LogP contribution is 2.24. The van der Waals surface area contributed by atoms with E-state index in [9.17, 15) is 9.59 Å². The Morgan fingerprint density at radius 1 is 0.968 bits per heavy atom. The zero-order valence-corrected chi connectivity index (χ0v) is 18.2. The van der Waals surface area contributed by atoms with Crippen LogP contribution in [-0.2, 0) is 4.79 Å². The van der Waals surface area contributed by atoms with E-state index in [1.165, 1.54) is 19.3 Å². The average Bonchev–Trinajstić information content (AvgIpc) is 2.81. The number of carbonyl (C=O) groups is 2. The topological polar surface area (TPSA) is 79.5 Å². The second-order valence-electron chi connectivity index (χ2n) is 8.02. The van der Waals surface area contributed by atoms with E-state index < -0.39 is 0 Å². The molecule has 2 aromatic carbocycles. The number of methoxy groups -OCH3 is 1. The maximum Gasteiger partial charge on any atom is 0.315 e. The highest BCUT2D eigenvalue weighted by atomic mass is 16.5. The van der Waals surface area contributed by atoms with Gasteiger partial charge in [0, 0.05) is 19.0 Å². The molecule has 0 heterocycles. The van der Waals surface area contributed by atoms with Crippen molar-refractivity contribution in [3.05, 3.63) is 65.7 Å². The fourth-order valence-electron chi connectivity index (χ4n) is 3.97. The van der Waals surface area contributed by atoms with Gasteiger partial charge in [-0.15, -0.1) is 0 Å². The van der Waals surface area contributed by atoms with Crippen LogP contribution in [-0.4, -0.2) is 31.6 Å². The Kier molecular flexibility index (Phi) is 8.76. The highest BCUT2D eigenvalue weighted by molar-refractivity contribution is 5.77. The maximum absolute atomic E-state index is 12.6. The van der Waals surface area contributed by atoms with Crippen LogP contribution in [0.4, 0.5) is 4.79 Å². The van der Waals surface area contributed by atoms with Gasteiger partial charge in [0.2, 0.25) is 5.91 Å². The second-order valence-corrected chi connectivity index (χ2v) is 8.02. The summed E-state index contributed by atoms with van der Waals surface area (Å²) in [6.45, 7) is 0.477. The molecule has 3 amide bonds. The number of ether oxygens (including phenoxy) is 1. The van der Waals surface area contributed by atoms with Crippen LogP contribution in [0.25, 0.3) is 0 Å². The molecule has 1 unspecified atom stereocenters. The monoisotopic (exact) mass is 423 g/mol. The summed E-state index contributed by atoms with van der Waals surface area (Å²) in [6.07, 6.45) is 6.68. The van der Waals surface area contributed by atoms with Crippen molar-refractivity contribution in [2.24, 2.45) is 0 Å². The van der Waals surface area contributed by atoms with Crippen molar-refractivity contribution in [2.45, 2.75) is 57.0 Å². The van der Waals surface area contributed by atoms with Crippen molar-refractivity contribution in [3.63, 3.8) is 0 Å². The van der Waals surface area contributed by atoms with Gasteiger partial charge in [-0.2, -0.15) is 0 Å². The predicted octanol–water partition coefficient (Wildman–Crippen LogP) is 4.31. The molecule has 0 aromatic heterocycles. The number of urea groups is 1. The van der Waals surface area contributed by atoms with E-state index in [0.29, 0.717) is 19.4 Å². The number of hydrogen-bond acceptors (Lipinski definition) is 3. The van der Waals surface area contributed by atoms with E-state index in [1.54, 1.807) is 7.11 Å². The summed E-state index contributed by atoms with van der Waals surface area (Å²) in [5.41, 5.74) is 2.01. The molecule has 1 atom stereocenters. The van der Waals surface area contributed by atoms with Gasteiger partial charge < -0.3 is 20.7 Å². The average molecular weight is 424 g/mol. The molecule has 6 nitrogen and oxygen atoms in total. The van der Waals surface area contributed by atoms with Crippen molar-refractivity contribution in [1.29, 1.82) is 0 Å². The number of rotatable bonds is 9. The number of nitrogens with one attached hydrogen (secondary N) is 3. The van der Waals surface area contributed by atoms with E-state index in [1.807, 2.05) is 54.6 Å². The molecule has 0 aliphatic heterocycles. The number of amides is 3. The lowest BCUT2D eigenvalue weighted by Gasteiger charge is -2.23. The largest absolute Gasteiger partial charge is 0.497 e. The maximum atomic E-state index is 12.6. The summed E-state index contributed by atoms with van der Waals surface area (Å²) in [6, 6.07) is 17.5. The Hall–Kier alpha value is -3.02. The molecule has 6 heteroatoms. The van der Waals surface area contributed by atoms with Gasteiger partial charge in [0.15, 0.2) is 0 Å². The van der Waals surface area contributed by atoms with Gasteiger partial charge in [-0.1, -0.05) is 61.7 Å². The van der Waals surface area contributed by atoms with Gasteiger partial charge >= 0.3 is 6.03 Å². The molecule has 166 valence electrons. The fourth-order valence-corrected chi connectivity index (χ4v) is 3.97. The van der Waals surface area contributed by atoms with E-state index in [2.05, 4.69) is 16.0 Å². The fraction of sp³-hybridized carbons (Fsp3) is 0.440. The minimum absolute atomic E-state index is 0.0424. The number of hydrogen-bond donors (Lipinski definition) is 3. The summed E-state index contributed by atoms with van der Waals surface area (Å²) in [7, 11) is 1.63. The molecular weight excluding hydrogens is 390 g/mol. The summed E-state index contributed by atoms with van der Waals surface area (Å²) in [5.74, 6) is 0.735. The van der Waals surface area contributed by atoms with Crippen molar-refractivity contribution in [3.8, 4) is 5.75 Å². The van der Waals surface area contributed by atoms with Crippen LogP contribution in [0.2, 0.25) is 0 Å².